The zero-order chi connectivity index (χ0) is 22.3. The largest absolute Gasteiger partial charge is 0.379 e. The number of hydrogen-bond donors (Lipinski definition) is 2. The molecule has 0 spiro atoms. The summed E-state index contributed by atoms with van der Waals surface area (Å²) in [5, 5.41) is 7.17. The Labute approximate surface area is 188 Å². The number of benzene rings is 1. The van der Waals surface area contributed by atoms with E-state index in [4.69, 9.17) is 9.47 Å². The molecule has 3 atom stereocenters. The van der Waals surface area contributed by atoms with Gasteiger partial charge in [0.1, 0.15) is 0 Å². The number of aryl methyl sites for hydroxylation is 1. The van der Waals surface area contributed by atoms with E-state index in [0.717, 1.165) is 58.4 Å². The fraction of sp³-hybridized carbons (Fsp3) is 0.720. The Morgan fingerprint density at radius 2 is 1.97 bits per heavy atom. The van der Waals surface area contributed by atoms with Crippen molar-refractivity contribution in [2.24, 2.45) is 16.3 Å². The van der Waals surface area contributed by atoms with Gasteiger partial charge in [-0.3, -0.25) is 9.89 Å². The fourth-order valence-corrected chi connectivity index (χ4v) is 4.88. The Balaban J connectivity index is 1.61. The highest BCUT2D eigenvalue weighted by atomic mass is 16.5. The smallest absolute Gasteiger partial charge is 0.191 e. The summed E-state index contributed by atoms with van der Waals surface area (Å²) in [6.45, 7) is 15.1. The van der Waals surface area contributed by atoms with Gasteiger partial charge in [0.05, 0.1) is 25.4 Å². The normalized spacial score (nSPS) is 24.6. The summed E-state index contributed by atoms with van der Waals surface area (Å²) in [6, 6.07) is 9.14. The van der Waals surface area contributed by atoms with Gasteiger partial charge in [0.15, 0.2) is 5.96 Å². The maximum Gasteiger partial charge on any atom is 0.191 e. The van der Waals surface area contributed by atoms with Gasteiger partial charge < -0.3 is 20.1 Å². The van der Waals surface area contributed by atoms with E-state index in [9.17, 15) is 0 Å². The molecule has 2 heterocycles. The van der Waals surface area contributed by atoms with Crippen LogP contribution in [-0.4, -0.2) is 70.0 Å². The molecule has 6 heteroatoms. The van der Waals surface area contributed by atoms with Crippen LogP contribution in [0.1, 0.15) is 50.8 Å². The average molecular weight is 431 g/mol. The molecule has 6 nitrogen and oxygen atoms in total. The van der Waals surface area contributed by atoms with E-state index < -0.39 is 0 Å². The van der Waals surface area contributed by atoms with Crippen LogP contribution >= 0.6 is 0 Å². The van der Waals surface area contributed by atoms with Crippen LogP contribution in [0.2, 0.25) is 0 Å². The molecule has 2 saturated heterocycles. The minimum Gasteiger partial charge on any atom is -0.379 e. The highest BCUT2D eigenvalue weighted by Gasteiger charge is 2.35. The molecule has 1 aromatic rings. The molecule has 31 heavy (non-hydrogen) atoms. The van der Waals surface area contributed by atoms with Gasteiger partial charge in [-0.15, -0.1) is 0 Å². The molecule has 0 radical (unpaired) electrons. The second kappa shape index (κ2) is 11.3. The SMILES string of the molecule is CN=C(NCC1CCCOC1C(C)(C)C)NCC(c1cccc(C)c1)N1CCOCC1. The first-order valence-electron chi connectivity index (χ1n) is 11.8. The van der Waals surface area contributed by atoms with Crippen molar-refractivity contribution in [1.82, 2.24) is 15.5 Å². The molecule has 2 fully saturated rings. The second-order valence-corrected chi connectivity index (χ2v) is 9.97. The molecule has 0 bridgehead atoms. The number of morpholine rings is 1. The third-order valence-electron chi connectivity index (χ3n) is 6.43. The summed E-state index contributed by atoms with van der Waals surface area (Å²) in [5.74, 6) is 1.36. The summed E-state index contributed by atoms with van der Waals surface area (Å²) in [6.07, 6.45) is 2.61. The van der Waals surface area contributed by atoms with Crippen molar-refractivity contribution in [2.45, 2.75) is 52.7 Å². The van der Waals surface area contributed by atoms with Crippen molar-refractivity contribution in [3.8, 4) is 0 Å². The number of rotatable bonds is 6. The van der Waals surface area contributed by atoms with E-state index >= 15 is 0 Å². The Hall–Kier alpha value is -1.63. The lowest BCUT2D eigenvalue weighted by atomic mass is 9.78. The highest BCUT2D eigenvalue weighted by Crippen LogP contribution is 2.33. The zero-order valence-corrected chi connectivity index (χ0v) is 20.1. The number of hydrogen-bond acceptors (Lipinski definition) is 4. The van der Waals surface area contributed by atoms with E-state index in [-0.39, 0.29) is 11.5 Å². The third-order valence-corrected chi connectivity index (χ3v) is 6.43. The first-order valence-corrected chi connectivity index (χ1v) is 11.8. The van der Waals surface area contributed by atoms with Crippen LogP contribution in [0.4, 0.5) is 0 Å². The maximum absolute atomic E-state index is 6.15. The lowest BCUT2D eigenvalue weighted by Crippen LogP contribution is -2.49. The van der Waals surface area contributed by atoms with E-state index in [0.29, 0.717) is 12.0 Å². The predicted octanol–water partition coefficient (Wildman–Crippen LogP) is 3.37. The Bertz CT molecular complexity index is 710. The Kier molecular flexibility index (Phi) is 8.76. The van der Waals surface area contributed by atoms with Crippen LogP contribution in [0.5, 0.6) is 0 Å². The van der Waals surface area contributed by atoms with Crippen molar-refractivity contribution in [1.29, 1.82) is 0 Å². The summed E-state index contributed by atoms with van der Waals surface area (Å²) < 4.78 is 11.7. The van der Waals surface area contributed by atoms with Crippen molar-refractivity contribution in [3.63, 3.8) is 0 Å². The highest BCUT2D eigenvalue weighted by molar-refractivity contribution is 5.79. The minimum absolute atomic E-state index is 0.149. The summed E-state index contributed by atoms with van der Waals surface area (Å²) in [5.41, 5.74) is 2.79. The second-order valence-electron chi connectivity index (χ2n) is 9.97. The average Bonchev–Trinajstić information content (AvgIpc) is 2.76. The van der Waals surface area contributed by atoms with Crippen molar-refractivity contribution < 1.29 is 9.47 Å². The summed E-state index contributed by atoms with van der Waals surface area (Å²) >= 11 is 0. The number of guanidine groups is 1. The molecule has 2 N–H and O–H groups in total. The van der Waals surface area contributed by atoms with E-state index in [2.05, 4.69) is 72.5 Å². The lowest BCUT2D eigenvalue weighted by Gasteiger charge is -2.40. The van der Waals surface area contributed by atoms with Crippen molar-refractivity contribution >= 4 is 5.96 Å². The molecule has 0 aromatic heterocycles. The molecule has 3 unspecified atom stereocenters. The first kappa shape index (κ1) is 24.0. The van der Waals surface area contributed by atoms with Crippen LogP contribution < -0.4 is 10.6 Å². The molecule has 174 valence electrons. The van der Waals surface area contributed by atoms with E-state index in [1.165, 1.54) is 17.5 Å². The molecular formula is C25H42N4O2. The minimum atomic E-state index is 0.149. The summed E-state index contributed by atoms with van der Waals surface area (Å²) in [4.78, 5) is 7.02. The van der Waals surface area contributed by atoms with Gasteiger partial charge in [-0.1, -0.05) is 50.6 Å². The molecule has 0 amide bonds. The van der Waals surface area contributed by atoms with Gasteiger partial charge in [-0.05, 0) is 30.7 Å². The number of nitrogens with zero attached hydrogens (tertiary/aromatic N) is 2. The van der Waals surface area contributed by atoms with Gasteiger partial charge >= 0.3 is 0 Å². The molecule has 0 saturated carbocycles. The van der Waals surface area contributed by atoms with Gasteiger partial charge in [0.2, 0.25) is 0 Å². The maximum atomic E-state index is 6.15. The molecule has 2 aliphatic heterocycles. The standard InChI is InChI=1S/C25H42N4O2/c1-19-8-6-9-20(16-19)22(29-11-14-30-15-12-29)18-28-24(26-5)27-17-21-10-7-13-31-23(21)25(2,3)4/h6,8-9,16,21-23H,7,10-15,17-18H2,1-5H3,(H2,26,27,28). The quantitative estimate of drug-likeness (QED) is 0.535. The third kappa shape index (κ3) is 6.93. The molecule has 0 aliphatic carbocycles. The number of nitrogens with one attached hydrogen (secondary N) is 2. The van der Waals surface area contributed by atoms with Crippen LogP contribution in [0, 0.1) is 18.3 Å². The lowest BCUT2D eigenvalue weighted by molar-refractivity contribution is -0.0835. The van der Waals surface area contributed by atoms with Gasteiger partial charge in [-0.25, -0.2) is 0 Å². The van der Waals surface area contributed by atoms with Gasteiger partial charge in [-0.2, -0.15) is 0 Å². The first-order chi connectivity index (χ1) is 14.9. The number of ether oxygens (including phenoxy) is 2. The van der Waals surface area contributed by atoms with Crippen molar-refractivity contribution in [3.05, 3.63) is 35.4 Å². The van der Waals surface area contributed by atoms with Crippen molar-refractivity contribution in [2.75, 3.05) is 53.0 Å². The number of aliphatic imine (C=N–C) groups is 1. The zero-order valence-electron chi connectivity index (χ0n) is 20.1. The molecule has 2 aliphatic rings. The van der Waals surface area contributed by atoms with Crippen LogP contribution in [0.25, 0.3) is 0 Å². The molecular weight excluding hydrogens is 388 g/mol. The van der Waals surface area contributed by atoms with Crippen LogP contribution in [-0.2, 0) is 9.47 Å². The van der Waals surface area contributed by atoms with Gasteiger partial charge in [0.25, 0.3) is 0 Å². The summed E-state index contributed by atoms with van der Waals surface area (Å²) in [7, 11) is 1.85. The Morgan fingerprint density at radius 1 is 1.19 bits per heavy atom. The van der Waals surface area contributed by atoms with Gasteiger partial charge in [0, 0.05) is 45.8 Å². The Morgan fingerprint density at radius 3 is 2.65 bits per heavy atom. The predicted molar refractivity (Wildman–Crippen MR) is 128 cm³/mol. The monoisotopic (exact) mass is 430 g/mol. The van der Waals surface area contributed by atoms with E-state index in [1.807, 2.05) is 7.05 Å². The molecule has 3 rings (SSSR count). The fourth-order valence-electron chi connectivity index (χ4n) is 4.88. The van der Waals surface area contributed by atoms with Crippen LogP contribution in [0.3, 0.4) is 0 Å². The molecule has 1 aromatic carbocycles. The topological polar surface area (TPSA) is 58.1 Å². The van der Waals surface area contributed by atoms with Crippen LogP contribution in [0.15, 0.2) is 29.3 Å². The van der Waals surface area contributed by atoms with E-state index in [1.54, 1.807) is 0 Å².